The second-order valence-electron chi connectivity index (χ2n) is 5.61. The average Bonchev–Trinajstić information content (AvgIpc) is 3.29. The Balaban J connectivity index is 1.61. The number of hydrogen-bond acceptors (Lipinski definition) is 2. The van der Waals surface area contributed by atoms with E-state index >= 15 is 0 Å². The first kappa shape index (κ1) is 14.9. The highest BCUT2D eigenvalue weighted by molar-refractivity contribution is 14.1. The molecule has 2 aromatic carbocycles. The smallest absolute Gasteiger partial charge is 0.122 e. The Labute approximate surface area is 140 Å². The lowest BCUT2D eigenvalue weighted by Crippen LogP contribution is -2.18. The normalized spacial score (nSPS) is 20.3. The average molecular weight is 393 g/mol. The molecule has 0 spiro atoms. The van der Waals surface area contributed by atoms with Crippen LogP contribution in [0.15, 0.2) is 42.5 Å². The zero-order valence-corrected chi connectivity index (χ0v) is 14.6. The van der Waals surface area contributed by atoms with Crippen molar-refractivity contribution in [1.29, 1.82) is 0 Å². The minimum absolute atomic E-state index is 0.616. The number of nitrogens with one attached hydrogen (secondary N) is 1. The quantitative estimate of drug-likeness (QED) is 0.767. The molecule has 1 aliphatic carbocycles. The maximum Gasteiger partial charge on any atom is 0.122 e. The lowest BCUT2D eigenvalue weighted by atomic mass is 10.1. The number of benzene rings is 2. The lowest BCUT2D eigenvalue weighted by Gasteiger charge is -2.12. The SMILES string of the molecule is COc1ccc(CN[C@H]2CC2c2ccccc2)c(I)c1C. The van der Waals surface area contributed by atoms with E-state index in [1.165, 1.54) is 26.7 Å². The molecule has 0 saturated heterocycles. The van der Waals surface area contributed by atoms with E-state index in [-0.39, 0.29) is 0 Å². The highest BCUT2D eigenvalue weighted by Gasteiger charge is 2.37. The van der Waals surface area contributed by atoms with E-state index in [0.29, 0.717) is 12.0 Å². The Morgan fingerprint density at radius 2 is 1.95 bits per heavy atom. The molecule has 21 heavy (non-hydrogen) atoms. The van der Waals surface area contributed by atoms with Crippen LogP contribution >= 0.6 is 22.6 Å². The molecule has 3 rings (SSSR count). The van der Waals surface area contributed by atoms with Crippen LogP contribution in [0.25, 0.3) is 0 Å². The summed E-state index contributed by atoms with van der Waals surface area (Å²) in [5.41, 5.74) is 4.04. The van der Waals surface area contributed by atoms with Gasteiger partial charge < -0.3 is 10.1 Å². The second kappa shape index (κ2) is 6.36. The summed E-state index contributed by atoms with van der Waals surface area (Å²) in [6.07, 6.45) is 1.25. The molecule has 0 amide bonds. The molecular formula is C18H20INO. The third-order valence-corrected chi connectivity index (χ3v) is 5.71. The van der Waals surface area contributed by atoms with E-state index in [1.807, 2.05) is 0 Å². The van der Waals surface area contributed by atoms with Crippen LogP contribution < -0.4 is 10.1 Å². The summed E-state index contributed by atoms with van der Waals surface area (Å²) in [5, 5.41) is 3.68. The van der Waals surface area contributed by atoms with E-state index in [0.717, 1.165) is 12.3 Å². The van der Waals surface area contributed by atoms with Gasteiger partial charge in [-0.25, -0.2) is 0 Å². The van der Waals surface area contributed by atoms with E-state index < -0.39 is 0 Å². The topological polar surface area (TPSA) is 21.3 Å². The van der Waals surface area contributed by atoms with Crippen molar-refractivity contribution in [1.82, 2.24) is 5.32 Å². The summed E-state index contributed by atoms with van der Waals surface area (Å²) < 4.78 is 6.67. The van der Waals surface area contributed by atoms with Gasteiger partial charge in [0.1, 0.15) is 5.75 Å². The van der Waals surface area contributed by atoms with Crippen molar-refractivity contribution in [2.24, 2.45) is 0 Å². The fourth-order valence-electron chi connectivity index (χ4n) is 2.81. The predicted octanol–water partition coefficient (Wildman–Crippen LogP) is 4.25. The minimum atomic E-state index is 0.616. The number of rotatable bonds is 5. The van der Waals surface area contributed by atoms with Gasteiger partial charge in [0, 0.05) is 27.6 Å². The molecule has 1 N–H and O–H groups in total. The first-order valence-corrected chi connectivity index (χ1v) is 8.39. The molecular weight excluding hydrogens is 373 g/mol. The van der Waals surface area contributed by atoms with Gasteiger partial charge in [0.05, 0.1) is 7.11 Å². The van der Waals surface area contributed by atoms with Crippen molar-refractivity contribution in [3.8, 4) is 5.75 Å². The summed E-state index contributed by atoms with van der Waals surface area (Å²) in [7, 11) is 1.73. The first-order chi connectivity index (χ1) is 10.2. The van der Waals surface area contributed by atoms with E-state index in [1.54, 1.807) is 7.11 Å². The lowest BCUT2D eigenvalue weighted by molar-refractivity contribution is 0.411. The maximum atomic E-state index is 5.37. The molecule has 0 heterocycles. The molecule has 1 saturated carbocycles. The Morgan fingerprint density at radius 3 is 2.67 bits per heavy atom. The highest BCUT2D eigenvalue weighted by Crippen LogP contribution is 2.40. The van der Waals surface area contributed by atoms with Gasteiger partial charge in [0.2, 0.25) is 0 Å². The number of ether oxygens (including phenoxy) is 1. The van der Waals surface area contributed by atoms with Crippen LogP contribution in [0.3, 0.4) is 0 Å². The molecule has 1 unspecified atom stereocenters. The van der Waals surface area contributed by atoms with Crippen LogP contribution in [0.5, 0.6) is 5.75 Å². The van der Waals surface area contributed by atoms with Crippen LogP contribution in [0, 0.1) is 10.5 Å². The summed E-state index contributed by atoms with van der Waals surface area (Å²) in [6, 6.07) is 15.6. The molecule has 0 aromatic heterocycles. The Hall–Kier alpha value is -1.07. The standard InChI is InChI=1S/C18H20INO/c1-12-17(21-2)9-8-14(18(12)19)11-20-16-10-15(16)13-6-4-3-5-7-13/h3-9,15-16,20H,10-11H2,1-2H3/t15?,16-/m0/s1. The molecule has 2 atom stereocenters. The fraction of sp³-hybridized carbons (Fsp3) is 0.333. The van der Waals surface area contributed by atoms with Crippen LogP contribution in [-0.2, 0) is 6.54 Å². The molecule has 2 nitrogen and oxygen atoms in total. The van der Waals surface area contributed by atoms with Crippen LogP contribution in [0.2, 0.25) is 0 Å². The van der Waals surface area contributed by atoms with Crippen LogP contribution in [0.1, 0.15) is 29.0 Å². The molecule has 0 bridgehead atoms. The minimum Gasteiger partial charge on any atom is -0.496 e. The zero-order valence-electron chi connectivity index (χ0n) is 12.4. The summed E-state index contributed by atoms with van der Waals surface area (Å²) >= 11 is 2.42. The second-order valence-corrected chi connectivity index (χ2v) is 6.68. The summed E-state index contributed by atoms with van der Waals surface area (Å²) in [5.74, 6) is 1.65. The van der Waals surface area contributed by atoms with Gasteiger partial charge in [-0.1, -0.05) is 36.4 Å². The van der Waals surface area contributed by atoms with Gasteiger partial charge in [-0.2, -0.15) is 0 Å². The Bertz CT molecular complexity index is 627. The Morgan fingerprint density at radius 1 is 1.19 bits per heavy atom. The fourth-order valence-corrected chi connectivity index (χ4v) is 3.45. The summed E-state index contributed by atoms with van der Waals surface area (Å²) in [4.78, 5) is 0. The molecule has 3 heteroatoms. The van der Waals surface area contributed by atoms with Crippen molar-refractivity contribution < 1.29 is 4.74 Å². The molecule has 1 aliphatic rings. The maximum absolute atomic E-state index is 5.37. The highest BCUT2D eigenvalue weighted by atomic mass is 127. The van der Waals surface area contributed by atoms with Gasteiger partial charge in [0.15, 0.2) is 0 Å². The van der Waals surface area contributed by atoms with E-state index in [2.05, 4.69) is 77.3 Å². The van der Waals surface area contributed by atoms with E-state index in [9.17, 15) is 0 Å². The zero-order chi connectivity index (χ0) is 14.8. The van der Waals surface area contributed by atoms with Crippen molar-refractivity contribution in [2.45, 2.75) is 31.8 Å². The van der Waals surface area contributed by atoms with Crippen molar-refractivity contribution in [2.75, 3.05) is 7.11 Å². The van der Waals surface area contributed by atoms with Gasteiger partial charge in [0.25, 0.3) is 0 Å². The molecule has 110 valence electrons. The molecule has 0 radical (unpaired) electrons. The first-order valence-electron chi connectivity index (χ1n) is 7.31. The Kier molecular flexibility index (Phi) is 4.50. The number of methoxy groups -OCH3 is 1. The van der Waals surface area contributed by atoms with Crippen molar-refractivity contribution in [3.63, 3.8) is 0 Å². The molecule has 2 aromatic rings. The van der Waals surface area contributed by atoms with Crippen molar-refractivity contribution >= 4 is 22.6 Å². The van der Waals surface area contributed by atoms with Gasteiger partial charge in [-0.05, 0) is 53.1 Å². The predicted molar refractivity (Wildman–Crippen MR) is 94.9 cm³/mol. The number of halogens is 1. The van der Waals surface area contributed by atoms with Crippen LogP contribution in [0.4, 0.5) is 0 Å². The van der Waals surface area contributed by atoms with Gasteiger partial charge in [-0.15, -0.1) is 0 Å². The largest absolute Gasteiger partial charge is 0.496 e. The van der Waals surface area contributed by atoms with Gasteiger partial charge in [-0.3, -0.25) is 0 Å². The van der Waals surface area contributed by atoms with E-state index in [4.69, 9.17) is 4.74 Å². The molecule has 0 aliphatic heterocycles. The van der Waals surface area contributed by atoms with Gasteiger partial charge >= 0.3 is 0 Å². The van der Waals surface area contributed by atoms with Crippen molar-refractivity contribution in [3.05, 3.63) is 62.7 Å². The third kappa shape index (κ3) is 3.24. The molecule has 1 fully saturated rings. The summed E-state index contributed by atoms with van der Waals surface area (Å²) in [6.45, 7) is 3.05. The number of hydrogen-bond donors (Lipinski definition) is 1. The third-order valence-electron chi connectivity index (χ3n) is 4.21. The monoisotopic (exact) mass is 393 g/mol. The van der Waals surface area contributed by atoms with Crippen LogP contribution in [-0.4, -0.2) is 13.2 Å².